The smallest absolute Gasteiger partial charge is 0.238 e. The van der Waals surface area contributed by atoms with Crippen LogP contribution in [0.5, 0.6) is 0 Å². The van der Waals surface area contributed by atoms with Crippen molar-refractivity contribution in [1.82, 2.24) is 4.90 Å². The van der Waals surface area contributed by atoms with Gasteiger partial charge in [0.2, 0.25) is 5.91 Å². The number of nitrogens with one attached hydrogen (secondary N) is 1. The predicted molar refractivity (Wildman–Crippen MR) is 133 cm³/mol. The molecule has 1 amide bonds. The standard InChI is InChI=1S/C25H22BrClFN3O2/c26-17-9-10-22(19(15-17)25(33)18-5-1-2-6-20(18)27)29-24(32)16-30-11-13-31(14-12-30)23-8-4-3-7-21(23)28/h1-10,15H,11-14,16H2,(H,29,32). The summed E-state index contributed by atoms with van der Waals surface area (Å²) in [6.45, 7) is 2.70. The van der Waals surface area contributed by atoms with Gasteiger partial charge < -0.3 is 10.2 Å². The van der Waals surface area contributed by atoms with Crippen molar-refractivity contribution in [3.63, 3.8) is 0 Å². The van der Waals surface area contributed by atoms with Crippen LogP contribution in [0.1, 0.15) is 15.9 Å². The zero-order valence-electron chi connectivity index (χ0n) is 17.7. The van der Waals surface area contributed by atoms with E-state index >= 15 is 0 Å². The Morgan fingerprint density at radius 3 is 2.36 bits per heavy atom. The lowest BCUT2D eigenvalue weighted by molar-refractivity contribution is -0.117. The lowest BCUT2D eigenvalue weighted by atomic mass is 10.0. The number of carbonyl (C=O) groups is 2. The molecule has 0 bridgehead atoms. The van der Waals surface area contributed by atoms with E-state index in [9.17, 15) is 14.0 Å². The van der Waals surface area contributed by atoms with Gasteiger partial charge in [-0.05, 0) is 42.5 Å². The fourth-order valence-electron chi connectivity index (χ4n) is 3.85. The van der Waals surface area contributed by atoms with Crippen molar-refractivity contribution in [2.24, 2.45) is 0 Å². The van der Waals surface area contributed by atoms with E-state index in [1.165, 1.54) is 6.07 Å². The van der Waals surface area contributed by atoms with Gasteiger partial charge in [0.1, 0.15) is 5.82 Å². The molecule has 3 aromatic carbocycles. The van der Waals surface area contributed by atoms with E-state index in [1.807, 2.05) is 15.9 Å². The van der Waals surface area contributed by atoms with Crippen LogP contribution in [0.3, 0.4) is 0 Å². The zero-order valence-corrected chi connectivity index (χ0v) is 20.1. The maximum atomic E-state index is 14.0. The fourth-order valence-corrected chi connectivity index (χ4v) is 4.43. The van der Waals surface area contributed by atoms with Gasteiger partial charge in [0.25, 0.3) is 0 Å². The van der Waals surface area contributed by atoms with Crippen LogP contribution < -0.4 is 10.2 Å². The quantitative estimate of drug-likeness (QED) is 0.443. The molecule has 1 N–H and O–H groups in total. The van der Waals surface area contributed by atoms with E-state index in [0.29, 0.717) is 53.7 Å². The molecular weight excluding hydrogens is 509 g/mol. The number of piperazine rings is 1. The number of anilines is 2. The van der Waals surface area contributed by atoms with E-state index in [4.69, 9.17) is 11.6 Å². The minimum absolute atomic E-state index is 0.181. The summed E-state index contributed by atoms with van der Waals surface area (Å²) in [4.78, 5) is 29.9. The number of amides is 1. The van der Waals surface area contributed by atoms with Crippen LogP contribution in [-0.2, 0) is 4.79 Å². The Balaban J connectivity index is 1.41. The molecule has 0 spiro atoms. The fraction of sp³-hybridized carbons (Fsp3) is 0.200. The highest BCUT2D eigenvalue weighted by molar-refractivity contribution is 9.10. The summed E-state index contributed by atoms with van der Waals surface area (Å²) in [5.74, 6) is -0.727. The summed E-state index contributed by atoms with van der Waals surface area (Å²) in [6.07, 6.45) is 0. The number of halogens is 3. The van der Waals surface area contributed by atoms with Crippen LogP contribution in [0.4, 0.5) is 15.8 Å². The normalized spacial score (nSPS) is 14.2. The minimum atomic E-state index is -0.268. The number of hydrogen-bond acceptors (Lipinski definition) is 4. The van der Waals surface area contributed by atoms with E-state index in [-0.39, 0.29) is 24.1 Å². The number of para-hydroxylation sites is 1. The van der Waals surface area contributed by atoms with Crippen LogP contribution in [0, 0.1) is 5.82 Å². The Bertz CT molecular complexity index is 1180. The molecule has 5 nitrogen and oxygen atoms in total. The Hall–Kier alpha value is -2.74. The van der Waals surface area contributed by atoms with Gasteiger partial charge in [-0.15, -0.1) is 0 Å². The summed E-state index contributed by atoms with van der Waals surface area (Å²) in [5.41, 5.74) is 1.74. The summed E-state index contributed by atoms with van der Waals surface area (Å²) in [5, 5.41) is 3.22. The molecule has 170 valence electrons. The van der Waals surface area contributed by atoms with Crippen LogP contribution in [0.25, 0.3) is 0 Å². The molecule has 3 aromatic rings. The van der Waals surface area contributed by atoms with Crippen molar-refractivity contribution in [2.45, 2.75) is 0 Å². The van der Waals surface area contributed by atoms with Gasteiger partial charge in [-0.3, -0.25) is 14.5 Å². The van der Waals surface area contributed by atoms with E-state index < -0.39 is 0 Å². The molecule has 1 heterocycles. The third kappa shape index (κ3) is 5.61. The van der Waals surface area contributed by atoms with Crippen molar-refractivity contribution < 1.29 is 14.0 Å². The monoisotopic (exact) mass is 529 g/mol. The Morgan fingerprint density at radius 1 is 0.939 bits per heavy atom. The first-order valence-electron chi connectivity index (χ1n) is 10.5. The van der Waals surface area contributed by atoms with Crippen molar-refractivity contribution >= 4 is 50.6 Å². The molecule has 1 saturated heterocycles. The molecule has 0 radical (unpaired) electrons. The lowest BCUT2D eigenvalue weighted by Gasteiger charge is -2.35. The summed E-state index contributed by atoms with van der Waals surface area (Å²) in [7, 11) is 0. The molecule has 1 aliphatic rings. The van der Waals surface area contributed by atoms with E-state index in [0.717, 1.165) is 4.47 Å². The van der Waals surface area contributed by atoms with Gasteiger partial charge in [-0.2, -0.15) is 0 Å². The Labute approximate surface area is 205 Å². The highest BCUT2D eigenvalue weighted by Gasteiger charge is 2.22. The van der Waals surface area contributed by atoms with Crippen molar-refractivity contribution in [3.8, 4) is 0 Å². The van der Waals surface area contributed by atoms with Gasteiger partial charge >= 0.3 is 0 Å². The van der Waals surface area contributed by atoms with Crippen LogP contribution in [0.2, 0.25) is 5.02 Å². The molecule has 0 aromatic heterocycles. The van der Waals surface area contributed by atoms with Crippen molar-refractivity contribution in [3.05, 3.63) is 93.2 Å². The lowest BCUT2D eigenvalue weighted by Crippen LogP contribution is -2.49. The molecule has 33 heavy (non-hydrogen) atoms. The van der Waals surface area contributed by atoms with Gasteiger partial charge in [-0.1, -0.05) is 51.8 Å². The number of hydrogen-bond donors (Lipinski definition) is 1. The van der Waals surface area contributed by atoms with E-state index in [2.05, 4.69) is 21.2 Å². The first-order chi connectivity index (χ1) is 15.9. The third-order valence-electron chi connectivity index (χ3n) is 5.55. The molecule has 0 saturated carbocycles. The summed E-state index contributed by atoms with van der Waals surface area (Å²) >= 11 is 9.60. The SMILES string of the molecule is O=C(CN1CCN(c2ccccc2F)CC1)Nc1ccc(Br)cc1C(=O)c1ccccc1Cl. The molecule has 8 heteroatoms. The van der Waals surface area contributed by atoms with Gasteiger partial charge in [0.15, 0.2) is 5.78 Å². The van der Waals surface area contributed by atoms with Gasteiger partial charge in [0.05, 0.1) is 22.9 Å². The molecule has 0 atom stereocenters. The molecule has 0 aliphatic carbocycles. The second-order valence-electron chi connectivity index (χ2n) is 7.76. The maximum absolute atomic E-state index is 14.0. The van der Waals surface area contributed by atoms with Crippen LogP contribution in [0.15, 0.2) is 71.2 Å². The first kappa shape index (κ1) is 23.4. The largest absolute Gasteiger partial charge is 0.367 e. The third-order valence-corrected chi connectivity index (χ3v) is 6.37. The average molecular weight is 531 g/mol. The van der Waals surface area contributed by atoms with Crippen molar-refractivity contribution in [1.29, 1.82) is 0 Å². The average Bonchev–Trinajstić information content (AvgIpc) is 2.81. The highest BCUT2D eigenvalue weighted by atomic mass is 79.9. The van der Waals surface area contributed by atoms with Crippen LogP contribution >= 0.6 is 27.5 Å². The maximum Gasteiger partial charge on any atom is 0.238 e. The topological polar surface area (TPSA) is 52.7 Å². The predicted octanol–water partition coefficient (Wildman–Crippen LogP) is 5.23. The minimum Gasteiger partial charge on any atom is -0.367 e. The second-order valence-corrected chi connectivity index (χ2v) is 9.08. The highest BCUT2D eigenvalue weighted by Crippen LogP contribution is 2.27. The number of ketones is 1. The van der Waals surface area contributed by atoms with Crippen molar-refractivity contribution in [2.75, 3.05) is 42.9 Å². The number of nitrogens with zero attached hydrogens (tertiary/aromatic N) is 2. The van der Waals surface area contributed by atoms with Crippen LogP contribution in [-0.4, -0.2) is 49.3 Å². The number of benzene rings is 3. The Kier molecular flexibility index (Phi) is 7.42. The molecule has 4 rings (SSSR count). The van der Waals surface area contributed by atoms with E-state index in [1.54, 1.807) is 54.6 Å². The second kappa shape index (κ2) is 10.5. The first-order valence-corrected chi connectivity index (χ1v) is 11.7. The zero-order chi connectivity index (χ0) is 23.4. The summed E-state index contributed by atoms with van der Waals surface area (Å²) in [6, 6.07) is 18.7. The number of rotatable bonds is 6. The molecule has 1 fully saturated rings. The Morgan fingerprint density at radius 2 is 1.64 bits per heavy atom. The van der Waals surface area contributed by atoms with Gasteiger partial charge in [-0.25, -0.2) is 4.39 Å². The molecular formula is C25H22BrClFN3O2. The van der Waals surface area contributed by atoms with Gasteiger partial charge in [0, 0.05) is 41.8 Å². The summed E-state index contributed by atoms with van der Waals surface area (Å²) < 4.78 is 14.8. The molecule has 0 unspecified atom stereocenters. The molecule has 1 aliphatic heterocycles. The number of carbonyl (C=O) groups excluding carboxylic acids is 2.